The van der Waals surface area contributed by atoms with Gasteiger partial charge in [-0.2, -0.15) is 0 Å². The molecule has 1 fully saturated rings. The number of nitrogens with zero attached hydrogens (tertiary/aromatic N) is 3. The highest BCUT2D eigenvalue weighted by Gasteiger charge is 2.25. The van der Waals surface area contributed by atoms with E-state index in [1.165, 1.54) is 24.5 Å². The number of nitrogens with one attached hydrogen (secondary N) is 1. The molecular formula is C20H18F2N4O. The van der Waals surface area contributed by atoms with Crippen LogP contribution in [0.3, 0.4) is 0 Å². The van der Waals surface area contributed by atoms with Crippen LogP contribution < -0.4 is 5.32 Å². The van der Waals surface area contributed by atoms with Gasteiger partial charge < -0.3 is 10.2 Å². The maximum Gasteiger partial charge on any atom is 0.256 e. The molecule has 0 spiro atoms. The minimum atomic E-state index is -0.503. The van der Waals surface area contributed by atoms with E-state index >= 15 is 0 Å². The summed E-state index contributed by atoms with van der Waals surface area (Å²) >= 11 is 0. The van der Waals surface area contributed by atoms with Crippen molar-refractivity contribution < 1.29 is 13.6 Å². The summed E-state index contributed by atoms with van der Waals surface area (Å²) in [7, 11) is 0. The number of carbonyl (C=O) groups excluding carboxylic acids is 1. The van der Waals surface area contributed by atoms with Crippen LogP contribution in [0.2, 0.25) is 0 Å². The third-order valence-corrected chi connectivity index (χ3v) is 4.84. The van der Waals surface area contributed by atoms with Gasteiger partial charge in [-0.25, -0.2) is 18.7 Å². The molecule has 138 valence electrons. The minimum Gasteiger partial charge on any atom is -0.367 e. The molecule has 0 saturated carbocycles. The van der Waals surface area contributed by atoms with Crippen LogP contribution in [-0.4, -0.2) is 39.9 Å². The molecule has 1 N–H and O–H groups in total. The molecule has 2 heterocycles. The Morgan fingerprint density at radius 2 is 1.74 bits per heavy atom. The molecule has 5 nitrogen and oxygen atoms in total. The highest BCUT2D eigenvalue weighted by Crippen LogP contribution is 2.24. The predicted molar refractivity (Wildman–Crippen MR) is 98.4 cm³/mol. The Labute approximate surface area is 155 Å². The largest absolute Gasteiger partial charge is 0.367 e. The molecule has 0 bridgehead atoms. The van der Waals surface area contributed by atoms with Crippen molar-refractivity contribution in [1.82, 2.24) is 14.9 Å². The molecule has 1 aromatic heterocycles. The molecular weight excluding hydrogens is 350 g/mol. The number of benzene rings is 2. The maximum absolute atomic E-state index is 13.9. The van der Waals surface area contributed by atoms with Crippen LogP contribution in [0.25, 0.3) is 10.9 Å². The Morgan fingerprint density at radius 1 is 1.00 bits per heavy atom. The summed E-state index contributed by atoms with van der Waals surface area (Å²) in [6.45, 7) is 1.03. The van der Waals surface area contributed by atoms with E-state index in [0.717, 1.165) is 0 Å². The molecule has 0 unspecified atom stereocenters. The Kier molecular flexibility index (Phi) is 4.66. The van der Waals surface area contributed by atoms with Crippen molar-refractivity contribution in [1.29, 1.82) is 0 Å². The lowest BCUT2D eigenvalue weighted by Crippen LogP contribution is -2.42. The van der Waals surface area contributed by atoms with E-state index in [0.29, 0.717) is 37.1 Å². The summed E-state index contributed by atoms with van der Waals surface area (Å²) < 4.78 is 27.7. The minimum absolute atomic E-state index is 0.0936. The van der Waals surface area contributed by atoms with E-state index < -0.39 is 5.82 Å². The van der Waals surface area contributed by atoms with Gasteiger partial charge in [0.1, 0.15) is 29.3 Å². The van der Waals surface area contributed by atoms with Crippen molar-refractivity contribution in [2.75, 3.05) is 18.4 Å². The van der Waals surface area contributed by atoms with Gasteiger partial charge in [-0.15, -0.1) is 0 Å². The monoisotopic (exact) mass is 368 g/mol. The number of para-hydroxylation sites is 1. The van der Waals surface area contributed by atoms with Gasteiger partial charge in [-0.05, 0) is 37.1 Å². The Hall–Kier alpha value is -3.09. The average Bonchev–Trinajstić information content (AvgIpc) is 2.69. The lowest BCUT2D eigenvalue weighted by atomic mass is 10.0. The smallest absolute Gasteiger partial charge is 0.256 e. The fourth-order valence-electron chi connectivity index (χ4n) is 3.39. The summed E-state index contributed by atoms with van der Waals surface area (Å²) in [4.78, 5) is 22.4. The molecule has 1 amide bonds. The molecule has 7 heteroatoms. The normalized spacial score (nSPS) is 15.1. The van der Waals surface area contributed by atoms with Gasteiger partial charge in [0.05, 0.1) is 5.56 Å². The number of rotatable bonds is 3. The zero-order valence-electron chi connectivity index (χ0n) is 14.5. The second kappa shape index (κ2) is 7.26. The number of likely N-dealkylation sites (tertiary alicyclic amines) is 1. The zero-order valence-corrected chi connectivity index (χ0v) is 14.5. The fraction of sp³-hybridized carbons (Fsp3) is 0.250. The maximum atomic E-state index is 13.9. The van der Waals surface area contributed by atoms with Crippen LogP contribution in [0, 0.1) is 11.6 Å². The van der Waals surface area contributed by atoms with Gasteiger partial charge in [-0.3, -0.25) is 4.79 Å². The third kappa shape index (κ3) is 3.45. The van der Waals surface area contributed by atoms with Gasteiger partial charge in [0.25, 0.3) is 5.91 Å². The molecule has 0 radical (unpaired) electrons. The van der Waals surface area contributed by atoms with Crippen molar-refractivity contribution in [3.8, 4) is 0 Å². The van der Waals surface area contributed by atoms with E-state index in [2.05, 4.69) is 15.3 Å². The number of piperidine rings is 1. The molecule has 3 aromatic rings. The summed E-state index contributed by atoms with van der Waals surface area (Å²) in [5, 5.41) is 3.96. The standard InChI is InChI=1S/C20H18F2N4O/c21-16-6-2-1-4-14(16)20(27)26-10-8-13(9-11-26)25-19-15-5-3-7-17(22)18(15)23-12-24-19/h1-7,12-13H,8-11H2,(H,23,24,25). The van der Waals surface area contributed by atoms with E-state index in [1.807, 2.05) is 0 Å². The number of hydrogen-bond donors (Lipinski definition) is 1. The first kappa shape index (κ1) is 17.3. The first-order valence-electron chi connectivity index (χ1n) is 8.83. The first-order chi connectivity index (χ1) is 13.1. The number of anilines is 1. The number of hydrogen-bond acceptors (Lipinski definition) is 4. The summed E-state index contributed by atoms with van der Waals surface area (Å²) in [5.74, 6) is -0.597. The van der Waals surface area contributed by atoms with Gasteiger partial charge in [-0.1, -0.05) is 18.2 Å². The summed E-state index contributed by atoms with van der Waals surface area (Å²) in [6, 6.07) is 10.9. The van der Waals surface area contributed by atoms with Gasteiger partial charge >= 0.3 is 0 Å². The van der Waals surface area contributed by atoms with E-state index in [9.17, 15) is 13.6 Å². The van der Waals surface area contributed by atoms with Crippen molar-refractivity contribution in [3.05, 3.63) is 66.0 Å². The molecule has 0 atom stereocenters. The van der Waals surface area contributed by atoms with Crippen LogP contribution in [0.1, 0.15) is 23.2 Å². The summed E-state index contributed by atoms with van der Waals surface area (Å²) in [5.41, 5.74) is 0.378. The van der Waals surface area contributed by atoms with Crippen molar-refractivity contribution in [3.63, 3.8) is 0 Å². The van der Waals surface area contributed by atoms with Crippen molar-refractivity contribution in [2.45, 2.75) is 18.9 Å². The molecule has 2 aromatic carbocycles. The molecule has 1 aliphatic heterocycles. The number of halogens is 2. The summed E-state index contributed by atoms with van der Waals surface area (Å²) in [6.07, 6.45) is 2.73. The third-order valence-electron chi connectivity index (χ3n) is 4.84. The van der Waals surface area contributed by atoms with Crippen LogP contribution >= 0.6 is 0 Å². The van der Waals surface area contributed by atoms with Crippen LogP contribution in [0.4, 0.5) is 14.6 Å². The van der Waals surface area contributed by atoms with Gasteiger partial charge in [0.15, 0.2) is 0 Å². The highest BCUT2D eigenvalue weighted by atomic mass is 19.1. The Bertz CT molecular complexity index is 987. The second-order valence-corrected chi connectivity index (χ2v) is 6.55. The topological polar surface area (TPSA) is 58.1 Å². The number of carbonyl (C=O) groups is 1. The quantitative estimate of drug-likeness (QED) is 0.767. The predicted octanol–water partition coefficient (Wildman–Crippen LogP) is 3.62. The fourth-order valence-corrected chi connectivity index (χ4v) is 3.39. The van der Waals surface area contributed by atoms with Crippen molar-refractivity contribution in [2.24, 2.45) is 0 Å². The lowest BCUT2D eigenvalue weighted by molar-refractivity contribution is 0.0713. The van der Waals surface area contributed by atoms with E-state index in [4.69, 9.17) is 0 Å². The molecule has 1 saturated heterocycles. The number of amides is 1. The molecule has 4 rings (SSSR count). The highest BCUT2D eigenvalue weighted by molar-refractivity contribution is 5.94. The van der Waals surface area contributed by atoms with Crippen LogP contribution in [0.15, 0.2) is 48.8 Å². The lowest BCUT2D eigenvalue weighted by Gasteiger charge is -2.33. The van der Waals surface area contributed by atoms with E-state index in [1.54, 1.807) is 29.2 Å². The second-order valence-electron chi connectivity index (χ2n) is 6.55. The number of fused-ring (bicyclic) bond motifs is 1. The van der Waals surface area contributed by atoms with Crippen molar-refractivity contribution >= 4 is 22.6 Å². The molecule has 0 aliphatic carbocycles. The van der Waals surface area contributed by atoms with Crippen LogP contribution in [-0.2, 0) is 0 Å². The Balaban J connectivity index is 1.44. The SMILES string of the molecule is O=C(c1ccccc1F)N1CCC(Nc2ncnc3c(F)cccc23)CC1. The molecule has 1 aliphatic rings. The number of aromatic nitrogens is 2. The molecule has 27 heavy (non-hydrogen) atoms. The average molecular weight is 368 g/mol. The van der Waals surface area contributed by atoms with Gasteiger partial charge in [0, 0.05) is 24.5 Å². The Morgan fingerprint density at radius 3 is 2.52 bits per heavy atom. The van der Waals surface area contributed by atoms with Gasteiger partial charge in [0.2, 0.25) is 0 Å². The first-order valence-corrected chi connectivity index (χ1v) is 8.83. The van der Waals surface area contributed by atoms with Crippen LogP contribution in [0.5, 0.6) is 0 Å². The zero-order chi connectivity index (χ0) is 18.8. The van der Waals surface area contributed by atoms with E-state index in [-0.39, 0.29) is 28.8 Å².